The number of methoxy groups -OCH3 is 1. The minimum Gasteiger partial charge on any atom is -0.380 e. The lowest BCUT2D eigenvalue weighted by Crippen LogP contribution is -2.30. The van der Waals surface area contributed by atoms with E-state index in [1.807, 2.05) is 0 Å². The van der Waals surface area contributed by atoms with Gasteiger partial charge in [-0.1, -0.05) is 6.07 Å². The Morgan fingerprint density at radius 3 is 2.45 bits per heavy atom. The van der Waals surface area contributed by atoms with Gasteiger partial charge in [0.1, 0.15) is 5.82 Å². The molecule has 1 saturated carbocycles. The van der Waals surface area contributed by atoms with Gasteiger partial charge < -0.3 is 20.7 Å². The first kappa shape index (κ1) is 19.4. The van der Waals surface area contributed by atoms with Crippen LogP contribution in [0, 0.1) is 5.82 Å². The summed E-state index contributed by atoms with van der Waals surface area (Å²) in [5.74, 6) is -0.699. The molecule has 0 aliphatic heterocycles. The summed E-state index contributed by atoms with van der Waals surface area (Å²) in [4.78, 5) is 25.0. The van der Waals surface area contributed by atoms with Crippen LogP contribution < -0.4 is 16.0 Å². The zero-order valence-electron chi connectivity index (χ0n) is 15.8. The van der Waals surface area contributed by atoms with E-state index in [2.05, 4.69) is 16.0 Å². The SMILES string of the molecule is COCc1c(C(=O)Nc2ccc(NC(=O)NC3CC3)cc2)sc2cccc(F)c12. The number of anilines is 2. The Morgan fingerprint density at radius 1 is 1.10 bits per heavy atom. The Bertz CT molecular complexity index is 1060. The van der Waals surface area contributed by atoms with Crippen LogP contribution in [0.4, 0.5) is 20.6 Å². The van der Waals surface area contributed by atoms with Crippen molar-refractivity contribution in [3.05, 3.63) is 58.7 Å². The molecule has 1 aliphatic rings. The van der Waals surface area contributed by atoms with Gasteiger partial charge in [0.05, 0.1) is 11.5 Å². The van der Waals surface area contributed by atoms with Gasteiger partial charge >= 0.3 is 6.03 Å². The molecule has 1 fully saturated rings. The lowest BCUT2D eigenvalue weighted by atomic mass is 10.1. The number of amides is 3. The lowest BCUT2D eigenvalue weighted by molar-refractivity contribution is 0.102. The Labute approximate surface area is 171 Å². The first-order chi connectivity index (χ1) is 14.0. The molecule has 3 aromatic rings. The number of nitrogens with one attached hydrogen (secondary N) is 3. The molecule has 0 spiro atoms. The topological polar surface area (TPSA) is 79.5 Å². The molecule has 3 N–H and O–H groups in total. The Hall–Kier alpha value is -2.97. The monoisotopic (exact) mass is 413 g/mol. The van der Waals surface area contributed by atoms with E-state index < -0.39 is 0 Å². The molecule has 2 aromatic carbocycles. The van der Waals surface area contributed by atoms with Crippen LogP contribution in [0.25, 0.3) is 10.1 Å². The second-order valence-electron chi connectivity index (χ2n) is 6.86. The summed E-state index contributed by atoms with van der Waals surface area (Å²) in [6, 6.07) is 11.7. The fraction of sp³-hybridized carbons (Fsp3) is 0.238. The molecule has 0 saturated heterocycles. The number of benzene rings is 2. The van der Waals surface area contributed by atoms with Gasteiger partial charge in [-0.15, -0.1) is 11.3 Å². The van der Waals surface area contributed by atoms with Crippen LogP contribution in [0.3, 0.4) is 0 Å². The smallest absolute Gasteiger partial charge is 0.319 e. The van der Waals surface area contributed by atoms with Gasteiger partial charge in [-0.3, -0.25) is 4.79 Å². The average Bonchev–Trinajstić information content (AvgIpc) is 3.42. The molecule has 150 valence electrons. The number of hydrogen-bond donors (Lipinski definition) is 3. The van der Waals surface area contributed by atoms with Gasteiger partial charge in [-0.25, -0.2) is 9.18 Å². The Balaban J connectivity index is 1.49. The Kier molecular flexibility index (Phi) is 5.46. The first-order valence-electron chi connectivity index (χ1n) is 9.23. The van der Waals surface area contributed by atoms with Gasteiger partial charge in [0.2, 0.25) is 0 Å². The van der Waals surface area contributed by atoms with E-state index in [0.717, 1.165) is 12.8 Å². The Morgan fingerprint density at radius 2 is 1.79 bits per heavy atom. The summed E-state index contributed by atoms with van der Waals surface area (Å²) in [6.45, 7) is 0.142. The maximum absolute atomic E-state index is 14.3. The molecule has 6 nitrogen and oxygen atoms in total. The van der Waals surface area contributed by atoms with Crippen molar-refractivity contribution in [3.63, 3.8) is 0 Å². The quantitative estimate of drug-likeness (QED) is 0.547. The van der Waals surface area contributed by atoms with E-state index in [1.165, 1.54) is 24.5 Å². The van der Waals surface area contributed by atoms with E-state index in [9.17, 15) is 14.0 Å². The molecule has 29 heavy (non-hydrogen) atoms. The summed E-state index contributed by atoms with van der Waals surface area (Å²) in [5, 5.41) is 8.85. The molecule has 0 bridgehead atoms. The maximum Gasteiger partial charge on any atom is 0.319 e. The largest absolute Gasteiger partial charge is 0.380 e. The number of ether oxygens (including phenoxy) is 1. The molecule has 0 unspecified atom stereocenters. The number of thiophene rings is 1. The predicted octanol–water partition coefficient (Wildman–Crippen LogP) is 4.72. The third kappa shape index (κ3) is 4.38. The van der Waals surface area contributed by atoms with Crippen molar-refractivity contribution in [2.45, 2.75) is 25.5 Å². The number of halogens is 1. The molecule has 1 heterocycles. The van der Waals surface area contributed by atoms with Crippen LogP contribution in [0.1, 0.15) is 28.1 Å². The number of fused-ring (bicyclic) bond motifs is 1. The van der Waals surface area contributed by atoms with Gasteiger partial charge in [-0.05, 0) is 49.2 Å². The number of carbonyl (C=O) groups excluding carboxylic acids is 2. The van der Waals surface area contributed by atoms with E-state index in [1.54, 1.807) is 36.4 Å². The normalized spacial score (nSPS) is 13.3. The molecule has 1 aromatic heterocycles. The molecular formula is C21H20FN3O3S. The van der Waals surface area contributed by atoms with Gasteiger partial charge in [0.15, 0.2) is 0 Å². The number of carbonyl (C=O) groups is 2. The molecule has 0 atom stereocenters. The van der Waals surface area contributed by atoms with Crippen LogP contribution in [0.15, 0.2) is 42.5 Å². The van der Waals surface area contributed by atoms with Crippen molar-refractivity contribution in [2.24, 2.45) is 0 Å². The molecular weight excluding hydrogens is 393 g/mol. The minimum absolute atomic E-state index is 0.142. The standard InChI is InChI=1S/C21H20FN3O3S/c1-28-11-15-18-16(22)3-2-4-17(18)29-19(15)20(26)23-12-5-7-13(8-6-12)24-21(27)25-14-9-10-14/h2-8,14H,9-11H2,1H3,(H,23,26)(H2,24,25,27). The highest BCUT2D eigenvalue weighted by molar-refractivity contribution is 7.21. The lowest BCUT2D eigenvalue weighted by Gasteiger charge is -2.09. The molecule has 1 aliphatic carbocycles. The summed E-state index contributed by atoms with van der Waals surface area (Å²) < 4.78 is 20.2. The summed E-state index contributed by atoms with van der Waals surface area (Å²) >= 11 is 1.23. The van der Waals surface area contributed by atoms with Crippen molar-refractivity contribution in [1.82, 2.24) is 5.32 Å². The van der Waals surface area contributed by atoms with Crippen molar-refractivity contribution in [1.29, 1.82) is 0 Å². The fourth-order valence-corrected chi connectivity index (χ4v) is 4.16. The van der Waals surface area contributed by atoms with Crippen LogP contribution in [-0.4, -0.2) is 25.1 Å². The molecule has 3 amide bonds. The minimum atomic E-state index is -0.371. The summed E-state index contributed by atoms with van der Waals surface area (Å²) in [7, 11) is 1.51. The van der Waals surface area contributed by atoms with E-state index in [-0.39, 0.29) is 30.4 Å². The third-order valence-corrected chi connectivity index (χ3v) is 5.77. The average molecular weight is 413 g/mol. The van der Waals surface area contributed by atoms with Crippen LogP contribution in [0.2, 0.25) is 0 Å². The zero-order valence-corrected chi connectivity index (χ0v) is 16.6. The molecule has 8 heteroatoms. The fourth-order valence-electron chi connectivity index (χ4n) is 3.04. The highest BCUT2D eigenvalue weighted by Gasteiger charge is 2.23. The van der Waals surface area contributed by atoms with E-state index >= 15 is 0 Å². The summed E-state index contributed by atoms with van der Waals surface area (Å²) in [6.07, 6.45) is 2.04. The van der Waals surface area contributed by atoms with Crippen molar-refractivity contribution in [3.8, 4) is 0 Å². The number of hydrogen-bond acceptors (Lipinski definition) is 4. The zero-order chi connectivity index (χ0) is 20.4. The van der Waals surface area contributed by atoms with Gasteiger partial charge in [0.25, 0.3) is 5.91 Å². The molecule has 4 rings (SSSR count). The second-order valence-corrected chi connectivity index (χ2v) is 7.91. The van der Waals surface area contributed by atoms with Gasteiger partial charge in [-0.2, -0.15) is 0 Å². The summed E-state index contributed by atoms with van der Waals surface area (Å²) in [5.41, 5.74) is 1.74. The van der Waals surface area contributed by atoms with Crippen LogP contribution >= 0.6 is 11.3 Å². The van der Waals surface area contributed by atoms with Crippen molar-refractivity contribution in [2.75, 3.05) is 17.7 Å². The van der Waals surface area contributed by atoms with Gasteiger partial charge in [0, 0.05) is 40.2 Å². The molecule has 0 radical (unpaired) electrons. The van der Waals surface area contributed by atoms with Crippen LogP contribution in [-0.2, 0) is 11.3 Å². The highest BCUT2D eigenvalue weighted by atomic mass is 32.1. The van der Waals surface area contributed by atoms with E-state index in [4.69, 9.17) is 4.74 Å². The van der Waals surface area contributed by atoms with Crippen LogP contribution in [0.5, 0.6) is 0 Å². The maximum atomic E-state index is 14.3. The van der Waals surface area contributed by atoms with E-state index in [0.29, 0.717) is 31.9 Å². The van der Waals surface area contributed by atoms with Crippen molar-refractivity contribution >= 4 is 44.7 Å². The third-order valence-electron chi connectivity index (χ3n) is 4.57. The highest BCUT2D eigenvalue weighted by Crippen LogP contribution is 2.34. The number of rotatable bonds is 6. The van der Waals surface area contributed by atoms with Crippen molar-refractivity contribution < 1.29 is 18.7 Å². The number of urea groups is 1. The first-order valence-corrected chi connectivity index (χ1v) is 10.0. The second kappa shape index (κ2) is 8.18. The predicted molar refractivity (Wildman–Crippen MR) is 112 cm³/mol.